The molecule has 4 nitrogen and oxygen atoms in total. The molecule has 0 atom stereocenters. The molecule has 4 heterocycles. The highest BCUT2D eigenvalue weighted by atomic mass is 32.1. The number of thiazole rings is 1. The summed E-state index contributed by atoms with van der Waals surface area (Å²) in [6, 6.07) is 60.2. The summed E-state index contributed by atoms with van der Waals surface area (Å²) in [5, 5.41) is 8.03. The van der Waals surface area contributed by atoms with Gasteiger partial charge >= 0.3 is 0 Å². The van der Waals surface area contributed by atoms with Gasteiger partial charge in [-0.1, -0.05) is 91.0 Å². The van der Waals surface area contributed by atoms with Crippen LogP contribution in [0, 0.1) is 0 Å². The van der Waals surface area contributed by atoms with E-state index in [1.807, 2.05) is 29.5 Å². The molecule has 0 aliphatic carbocycles. The molecule has 0 amide bonds. The normalized spacial score (nSPS) is 12.0. The Balaban J connectivity index is 0.984. The third-order valence-corrected chi connectivity index (χ3v) is 13.0. The van der Waals surface area contributed by atoms with E-state index in [0.29, 0.717) is 0 Å². The maximum Gasteiger partial charge on any atom is 0.137 e. The zero-order valence-electron chi connectivity index (χ0n) is 29.2. The largest absolute Gasteiger partial charge is 0.456 e. The van der Waals surface area contributed by atoms with Crippen molar-refractivity contribution in [1.29, 1.82) is 0 Å². The van der Waals surface area contributed by atoms with Crippen LogP contribution in [0.4, 0.5) is 17.1 Å². The summed E-state index contributed by atoms with van der Waals surface area (Å²) in [5.74, 6) is 0. The number of hydrogen-bond acceptors (Lipinski definition) is 6. The number of para-hydroxylation sites is 1. The Morgan fingerprint density at radius 1 is 0.400 bits per heavy atom. The van der Waals surface area contributed by atoms with Crippen LogP contribution >= 0.6 is 22.7 Å². The van der Waals surface area contributed by atoms with Crippen LogP contribution in [-0.2, 0) is 0 Å². The van der Waals surface area contributed by atoms with Crippen molar-refractivity contribution in [2.24, 2.45) is 0 Å². The monoisotopic (exact) mass is 740 g/mol. The minimum absolute atomic E-state index is 0.877. The van der Waals surface area contributed by atoms with Crippen LogP contribution in [0.3, 0.4) is 0 Å². The number of thiophene rings is 1. The van der Waals surface area contributed by atoms with E-state index < -0.39 is 0 Å². The number of furan rings is 2. The van der Waals surface area contributed by atoms with Crippen LogP contribution in [0.1, 0.15) is 0 Å². The Labute approximate surface area is 322 Å². The Bertz CT molecular complexity index is 3440. The fraction of sp³-hybridized carbons (Fsp3) is 0. The molecule has 8 aromatic carbocycles. The highest BCUT2D eigenvalue weighted by Gasteiger charge is 2.19. The maximum atomic E-state index is 6.38. The number of nitrogens with zero attached hydrogens (tertiary/aromatic N) is 2. The molecule has 0 unspecified atom stereocenters. The molecule has 0 saturated heterocycles. The highest BCUT2D eigenvalue weighted by Crippen LogP contribution is 2.44. The van der Waals surface area contributed by atoms with Gasteiger partial charge in [0.05, 0.1) is 10.2 Å². The fourth-order valence-corrected chi connectivity index (χ4v) is 10.3. The second-order valence-electron chi connectivity index (χ2n) is 13.9. The van der Waals surface area contributed by atoms with Gasteiger partial charge in [-0.25, -0.2) is 4.98 Å². The first kappa shape index (κ1) is 30.7. The Morgan fingerprint density at radius 2 is 1.05 bits per heavy atom. The SMILES string of the molecule is c1ccc(-c2nc3ccc4oc5ccc(-c6ccc(N(c7ccc8c(c7)sc7ccccc78)c7ccc8oc9ccccc9c8c7)cc6)cc5c4c3s2)cc1. The number of benzene rings is 8. The van der Waals surface area contributed by atoms with Gasteiger partial charge in [0.1, 0.15) is 27.3 Å². The first-order valence-electron chi connectivity index (χ1n) is 18.3. The van der Waals surface area contributed by atoms with Crippen molar-refractivity contribution in [2.75, 3.05) is 4.90 Å². The Morgan fingerprint density at radius 3 is 1.96 bits per heavy atom. The number of aromatic nitrogens is 1. The molecule has 0 spiro atoms. The smallest absolute Gasteiger partial charge is 0.137 e. The van der Waals surface area contributed by atoms with Gasteiger partial charge in [-0.15, -0.1) is 22.7 Å². The zero-order valence-corrected chi connectivity index (χ0v) is 30.8. The summed E-state index contributed by atoms with van der Waals surface area (Å²) in [6.45, 7) is 0. The molecular formula is C49H28N2O2S2. The van der Waals surface area contributed by atoms with Crippen molar-refractivity contribution in [3.63, 3.8) is 0 Å². The average Bonchev–Trinajstić information content (AvgIpc) is 4.02. The minimum Gasteiger partial charge on any atom is -0.456 e. The Hall–Kier alpha value is -6.73. The summed E-state index contributed by atoms with van der Waals surface area (Å²) in [4.78, 5) is 7.35. The zero-order chi connectivity index (χ0) is 36.0. The predicted octanol–water partition coefficient (Wildman–Crippen LogP) is 15.3. The standard InChI is InChI=1S/C49H28N2O2S2/c1-2-8-30(9-3-1)49-50-40-22-25-44-47(48(40)55-49)39-26-31(16-23-43(39)53-44)29-14-17-32(18-15-29)51(33-20-24-42-38(27-33)35-10-4-6-12-41(35)52-42)34-19-21-37-36-11-5-7-13-45(36)54-46(37)28-34/h1-28H. The van der Waals surface area contributed by atoms with Crippen molar-refractivity contribution in [2.45, 2.75) is 0 Å². The van der Waals surface area contributed by atoms with E-state index in [4.69, 9.17) is 13.8 Å². The molecule has 0 aliphatic heterocycles. The van der Waals surface area contributed by atoms with Crippen LogP contribution < -0.4 is 4.90 Å². The summed E-state index contributed by atoms with van der Waals surface area (Å²) < 4.78 is 16.3. The topological polar surface area (TPSA) is 42.4 Å². The molecule has 0 saturated carbocycles. The molecule has 55 heavy (non-hydrogen) atoms. The van der Waals surface area contributed by atoms with Crippen LogP contribution in [-0.4, -0.2) is 4.98 Å². The predicted molar refractivity (Wildman–Crippen MR) is 233 cm³/mol. The fourth-order valence-electron chi connectivity index (χ4n) is 8.09. The first-order valence-corrected chi connectivity index (χ1v) is 19.9. The van der Waals surface area contributed by atoms with Crippen LogP contribution in [0.2, 0.25) is 0 Å². The first-order chi connectivity index (χ1) is 27.2. The van der Waals surface area contributed by atoms with E-state index in [9.17, 15) is 0 Å². The van der Waals surface area contributed by atoms with Crippen molar-refractivity contribution in [3.05, 3.63) is 170 Å². The lowest BCUT2D eigenvalue weighted by atomic mass is 10.0. The van der Waals surface area contributed by atoms with E-state index in [2.05, 4.69) is 157 Å². The van der Waals surface area contributed by atoms with Gasteiger partial charge in [0.2, 0.25) is 0 Å². The van der Waals surface area contributed by atoms with Gasteiger partial charge in [-0.3, -0.25) is 0 Å². The van der Waals surface area contributed by atoms with Crippen LogP contribution in [0.5, 0.6) is 0 Å². The summed E-state index contributed by atoms with van der Waals surface area (Å²) in [6.07, 6.45) is 0. The van der Waals surface area contributed by atoms with Crippen molar-refractivity contribution < 1.29 is 8.83 Å². The molecular weight excluding hydrogens is 713 g/mol. The van der Waals surface area contributed by atoms with Crippen molar-refractivity contribution in [3.8, 4) is 21.7 Å². The molecule has 12 rings (SSSR count). The summed E-state index contributed by atoms with van der Waals surface area (Å²) in [7, 11) is 0. The maximum absolute atomic E-state index is 6.38. The number of rotatable bonds is 5. The molecule has 0 N–H and O–H groups in total. The Kier molecular flexibility index (Phi) is 6.64. The van der Waals surface area contributed by atoms with Gasteiger partial charge < -0.3 is 13.7 Å². The molecule has 258 valence electrons. The number of fused-ring (bicyclic) bond motifs is 11. The van der Waals surface area contributed by atoms with Crippen LogP contribution in [0.15, 0.2) is 179 Å². The second-order valence-corrected chi connectivity index (χ2v) is 16.0. The van der Waals surface area contributed by atoms with Gasteiger partial charge in [-0.05, 0) is 90.0 Å². The van der Waals surface area contributed by atoms with E-state index >= 15 is 0 Å². The number of hydrogen-bond donors (Lipinski definition) is 0. The third kappa shape index (κ3) is 4.85. The quantitative estimate of drug-likeness (QED) is 0.176. The minimum atomic E-state index is 0.877. The van der Waals surface area contributed by atoms with Gasteiger partial charge in [0.25, 0.3) is 0 Å². The molecule has 4 aromatic heterocycles. The molecule has 0 fully saturated rings. The van der Waals surface area contributed by atoms with Crippen molar-refractivity contribution >= 4 is 114 Å². The van der Waals surface area contributed by atoms with Gasteiger partial charge in [-0.2, -0.15) is 0 Å². The third-order valence-electron chi connectivity index (χ3n) is 10.7. The highest BCUT2D eigenvalue weighted by molar-refractivity contribution is 7.25. The van der Waals surface area contributed by atoms with E-state index in [0.717, 1.165) is 92.9 Å². The molecule has 6 heteroatoms. The second kappa shape index (κ2) is 11.9. The summed E-state index contributed by atoms with van der Waals surface area (Å²) in [5.41, 5.74) is 11.2. The molecule has 0 bridgehead atoms. The van der Waals surface area contributed by atoms with Gasteiger partial charge in [0.15, 0.2) is 0 Å². The van der Waals surface area contributed by atoms with E-state index in [1.54, 1.807) is 11.3 Å². The molecule has 0 radical (unpaired) electrons. The lowest BCUT2D eigenvalue weighted by Crippen LogP contribution is -2.09. The van der Waals surface area contributed by atoms with Gasteiger partial charge in [0, 0.05) is 64.3 Å². The molecule has 12 aromatic rings. The lowest BCUT2D eigenvalue weighted by Gasteiger charge is -2.26. The summed E-state index contributed by atoms with van der Waals surface area (Å²) >= 11 is 3.56. The van der Waals surface area contributed by atoms with E-state index in [1.165, 1.54) is 20.2 Å². The van der Waals surface area contributed by atoms with E-state index in [-0.39, 0.29) is 0 Å². The average molecular weight is 741 g/mol. The molecule has 0 aliphatic rings. The van der Waals surface area contributed by atoms with Crippen molar-refractivity contribution in [1.82, 2.24) is 4.98 Å². The number of anilines is 3. The lowest BCUT2D eigenvalue weighted by molar-refractivity contribution is 0.668. The van der Waals surface area contributed by atoms with Crippen LogP contribution in [0.25, 0.3) is 96.0 Å².